The highest BCUT2D eigenvalue weighted by Gasteiger charge is 2.22. The Kier molecular flexibility index (Phi) is 8.34. The predicted molar refractivity (Wildman–Crippen MR) is 145 cm³/mol. The number of hydrogen-bond acceptors (Lipinski definition) is 4. The van der Waals surface area contributed by atoms with Crippen molar-refractivity contribution in [2.45, 2.75) is 37.6 Å². The number of aryl methyl sites for hydroxylation is 2. The van der Waals surface area contributed by atoms with E-state index in [1.807, 2.05) is 60.4 Å². The smallest absolute Gasteiger partial charge is 0.241 e. The average molecular weight is 526 g/mol. The molecule has 1 saturated heterocycles. The lowest BCUT2D eigenvalue weighted by molar-refractivity contribution is -0.131. The van der Waals surface area contributed by atoms with E-state index in [-0.39, 0.29) is 16.8 Å². The van der Waals surface area contributed by atoms with Gasteiger partial charge in [-0.25, -0.2) is 13.1 Å². The molecule has 36 heavy (non-hydrogen) atoms. The Labute approximate surface area is 218 Å². The summed E-state index contributed by atoms with van der Waals surface area (Å²) in [7, 11) is -3.64. The monoisotopic (exact) mass is 525 g/mol. The summed E-state index contributed by atoms with van der Waals surface area (Å²) in [5.74, 6) is 0.118. The van der Waals surface area contributed by atoms with Crippen molar-refractivity contribution in [3.05, 3.63) is 94.5 Å². The highest BCUT2D eigenvalue weighted by molar-refractivity contribution is 7.89. The van der Waals surface area contributed by atoms with Gasteiger partial charge >= 0.3 is 0 Å². The summed E-state index contributed by atoms with van der Waals surface area (Å²) in [4.78, 5) is 17.2. The van der Waals surface area contributed by atoms with Gasteiger partial charge in [0.05, 0.1) is 4.90 Å². The van der Waals surface area contributed by atoms with Crippen LogP contribution < -0.4 is 9.62 Å². The van der Waals surface area contributed by atoms with E-state index in [0.29, 0.717) is 25.9 Å². The van der Waals surface area contributed by atoms with Crippen molar-refractivity contribution < 1.29 is 13.2 Å². The van der Waals surface area contributed by atoms with Crippen LogP contribution in [0, 0.1) is 6.92 Å². The van der Waals surface area contributed by atoms with Crippen LogP contribution in [0.5, 0.6) is 0 Å². The summed E-state index contributed by atoms with van der Waals surface area (Å²) >= 11 is 6.17. The fraction of sp³-hybridized carbons (Fsp3) is 0.321. The molecule has 1 fully saturated rings. The molecule has 4 rings (SSSR count). The molecular formula is C28H32ClN3O3S. The summed E-state index contributed by atoms with van der Waals surface area (Å²) in [6.07, 6.45) is 0.964. The molecule has 0 radical (unpaired) electrons. The zero-order valence-corrected chi connectivity index (χ0v) is 22.2. The number of amides is 1. The Balaban J connectivity index is 1.28. The summed E-state index contributed by atoms with van der Waals surface area (Å²) in [6, 6.07) is 21.8. The molecule has 3 aromatic carbocycles. The second-order valence-electron chi connectivity index (χ2n) is 9.20. The SMILES string of the molecule is Cc1ccc(Cl)cc1N1CCN(C(=O)CCc2ccc(S(=O)(=O)N[C@@H](C)c3ccccc3)cc2)CC1. The lowest BCUT2D eigenvalue weighted by Crippen LogP contribution is -2.49. The Morgan fingerprint density at radius 3 is 2.31 bits per heavy atom. The third-order valence-corrected chi connectivity index (χ3v) is 8.43. The first-order chi connectivity index (χ1) is 17.2. The molecular weight excluding hydrogens is 494 g/mol. The number of anilines is 1. The summed E-state index contributed by atoms with van der Waals surface area (Å²) in [5.41, 5.74) is 4.14. The summed E-state index contributed by atoms with van der Waals surface area (Å²) < 4.78 is 28.3. The number of piperazine rings is 1. The van der Waals surface area contributed by atoms with E-state index >= 15 is 0 Å². The van der Waals surface area contributed by atoms with Gasteiger partial charge in [-0.1, -0.05) is 60.1 Å². The maximum Gasteiger partial charge on any atom is 0.241 e. The minimum atomic E-state index is -3.64. The van der Waals surface area contributed by atoms with Crippen LogP contribution in [0.2, 0.25) is 5.02 Å². The molecule has 1 amide bonds. The number of halogens is 1. The number of benzene rings is 3. The molecule has 1 aliphatic rings. The van der Waals surface area contributed by atoms with Gasteiger partial charge in [-0.15, -0.1) is 0 Å². The molecule has 0 saturated carbocycles. The minimum Gasteiger partial charge on any atom is -0.368 e. The fourth-order valence-electron chi connectivity index (χ4n) is 4.48. The van der Waals surface area contributed by atoms with Gasteiger partial charge in [0.25, 0.3) is 0 Å². The van der Waals surface area contributed by atoms with Crippen LogP contribution in [-0.4, -0.2) is 45.4 Å². The number of hydrogen-bond donors (Lipinski definition) is 1. The van der Waals surface area contributed by atoms with Gasteiger partial charge in [-0.2, -0.15) is 0 Å². The van der Waals surface area contributed by atoms with Crippen LogP contribution in [0.3, 0.4) is 0 Å². The van der Waals surface area contributed by atoms with Crippen LogP contribution in [0.4, 0.5) is 5.69 Å². The van der Waals surface area contributed by atoms with E-state index < -0.39 is 10.0 Å². The third-order valence-electron chi connectivity index (χ3n) is 6.64. The Morgan fingerprint density at radius 1 is 0.972 bits per heavy atom. The molecule has 190 valence electrons. The molecule has 1 atom stereocenters. The standard InChI is InChI=1S/C28H32ClN3O3S/c1-21-8-12-25(29)20-27(21)31-16-18-32(19-17-31)28(33)15-11-23-9-13-26(14-10-23)36(34,35)30-22(2)24-6-4-3-5-7-24/h3-10,12-14,20,22,30H,11,15-19H2,1-2H3/t22-/m0/s1. The van der Waals surface area contributed by atoms with Gasteiger partial charge in [0.15, 0.2) is 0 Å². The summed E-state index contributed by atoms with van der Waals surface area (Å²) in [5, 5.41) is 0.717. The first-order valence-electron chi connectivity index (χ1n) is 12.2. The number of carbonyl (C=O) groups is 1. The van der Waals surface area contributed by atoms with Crippen LogP contribution in [0.25, 0.3) is 0 Å². The van der Waals surface area contributed by atoms with Crippen molar-refractivity contribution in [1.82, 2.24) is 9.62 Å². The van der Waals surface area contributed by atoms with E-state index in [1.54, 1.807) is 24.3 Å². The second kappa shape index (κ2) is 11.5. The third kappa shape index (κ3) is 6.46. The number of carbonyl (C=O) groups excluding carboxylic acids is 1. The lowest BCUT2D eigenvalue weighted by atomic mass is 10.1. The molecule has 0 aromatic heterocycles. The van der Waals surface area contributed by atoms with Crippen LogP contribution in [0.15, 0.2) is 77.7 Å². The van der Waals surface area contributed by atoms with E-state index in [0.717, 1.165) is 34.9 Å². The molecule has 1 N–H and O–H groups in total. The molecule has 1 aliphatic heterocycles. The van der Waals surface area contributed by atoms with Crippen molar-refractivity contribution in [2.75, 3.05) is 31.1 Å². The molecule has 0 spiro atoms. The van der Waals surface area contributed by atoms with Gasteiger partial charge < -0.3 is 9.80 Å². The first kappa shape index (κ1) is 26.2. The number of nitrogens with zero attached hydrogens (tertiary/aromatic N) is 2. The quantitative estimate of drug-likeness (QED) is 0.451. The average Bonchev–Trinajstić information content (AvgIpc) is 2.89. The first-order valence-corrected chi connectivity index (χ1v) is 14.0. The molecule has 3 aromatic rings. The van der Waals surface area contributed by atoms with Gasteiger partial charge in [0, 0.05) is 49.4 Å². The molecule has 8 heteroatoms. The summed E-state index contributed by atoms with van der Waals surface area (Å²) in [6.45, 7) is 6.78. The second-order valence-corrected chi connectivity index (χ2v) is 11.3. The fourth-order valence-corrected chi connectivity index (χ4v) is 5.87. The normalized spacial score (nSPS) is 15.1. The zero-order valence-electron chi connectivity index (χ0n) is 20.7. The van der Waals surface area contributed by atoms with Crippen molar-refractivity contribution in [2.24, 2.45) is 0 Å². The van der Waals surface area contributed by atoms with E-state index in [9.17, 15) is 13.2 Å². The lowest BCUT2D eigenvalue weighted by Gasteiger charge is -2.37. The van der Waals surface area contributed by atoms with Gasteiger partial charge in [-0.3, -0.25) is 4.79 Å². The van der Waals surface area contributed by atoms with Crippen molar-refractivity contribution in [3.8, 4) is 0 Å². The maximum atomic E-state index is 12.8. The van der Waals surface area contributed by atoms with Crippen molar-refractivity contribution in [1.29, 1.82) is 0 Å². The van der Waals surface area contributed by atoms with E-state index in [4.69, 9.17) is 11.6 Å². The van der Waals surface area contributed by atoms with Crippen LogP contribution in [-0.2, 0) is 21.2 Å². The molecule has 0 bridgehead atoms. The van der Waals surface area contributed by atoms with Crippen LogP contribution >= 0.6 is 11.6 Å². The molecule has 6 nitrogen and oxygen atoms in total. The number of nitrogens with one attached hydrogen (secondary N) is 1. The molecule has 0 aliphatic carbocycles. The highest BCUT2D eigenvalue weighted by Crippen LogP contribution is 2.25. The van der Waals surface area contributed by atoms with E-state index in [2.05, 4.69) is 16.5 Å². The van der Waals surface area contributed by atoms with Gasteiger partial charge in [-0.05, 0) is 61.2 Å². The number of sulfonamides is 1. The zero-order chi connectivity index (χ0) is 25.7. The molecule has 0 unspecified atom stereocenters. The molecule has 1 heterocycles. The van der Waals surface area contributed by atoms with Gasteiger partial charge in [0.1, 0.15) is 0 Å². The van der Waals surface area contributed by atoms with Gasteiger partial charge in [0.2, 0.25) is 15.9 Å². The topological polar surface area (TPSA) is 69.7 Å². The van der Waals surface area contributed by atoms with E-state index in [1.165, 1.54) is 5.56 Å². The predicted octanol–water partition coefficient (Wildman–Crippen LogP) is 4.97. The Hall–Kier alpha value is -2.87. The Morgan fingerprint density at radius 2 is 1.64 bits per heavy atom. The highest BCUT2D eigenvalue weighted by atomic mass is 35.5. The van der Waals surface area contributed by atoms with Crippen molar-refractivity contribution in [3.63, 3.8) is 0 Å². The van der Waals surface area contributed by atoms with Crippen molar-refractivity contribution >= 4 is 33.2 Å². The van der Waals surface area contributed by atoms with Crippen LogP contribution in [0.1, 0.15) is 36.1 Å². The Bertz CT molecular complexity index is 1290. The minimum absolute atomic E-state index is 0.118. The maximum absolute atomic E-state index is 12.8. The largest absolute Gasteiger partial charge is 0.368 e. The number of rotatable bonds is 8.